The molecule has 0 aliphatic heterocycles. The average Bonchev–Trinajstić information content (AvgIpc) is 2.24. The maximum Gasteiger partial charge on any atom is 0.412 e. The summed E-state index contributed by atoms with van der Waals surface area (Å²) in [7, 11) is 1.64. The SMILES string of the molecule is COc1c(Br)cc(NC(=O)OC(C)(C)C)cc1C(C)(C)C. The van der Waals surface area contributed by atoms with Crippen LogP contribution in [0.3, 0.4) is 0 Å². The fraction of sp³-hybridized carbons (Fsp3) is 0.562. The lowest BCUT2D eigenvalue weighted by molar-refractivity contribution is 0.0636. The van der Waals surface area contributed by atoms with Crippen molar-refractivity contribution in [3.63, 3.8) is 0 Å². The molecule has 0 aromatic heterocycles. The third kappa shape index (κ3) is 5.23. The summed E-state index contributed by atoms with van der Waals surface area (Å²) >= 11 is 3.48. The molecule has 0 spiro atoms. The number of methoxy groups -OCH3 is 1. The van der Waals surface area contributed by atoms with Crippen LogP contribution >= 0.6 is 15.9 Å². The summed E-state index contributed by atoms with van der Waals surface area (Å²) in [4.78, 5) is 11.9. The Bertz CT molecular complexity index is 528. The predicted molar refractivity (Wildman–Crippen MR) is 89.3 cm³/mol. The van der Waals surface area contributed by atoms with Crippen LogP contribution in [0.4, 0.5) is 10.5 Å². The normalized spacial score (nSPS) is 12.0. The van der Waals surface area contributed by atoms with Gasteiger partial charge in [0.2, 0.25) is 0 Å². The van der Waals surface area contributed by atoms with Crippen molar-refractivity contribution in [2.45, 2.75) is 52.6 Å². The van der Waals surface area contributed by atoms with Crippen molar-refractivity contribution in [2.24, 2.45) is 0 Å². The third-order valence-electron chi connectivity index (χ3n) is 2.70. The molecule has 5 heteroatoms. The van der Waals surface area contributed by atoms with Crippen molar-refractivity contribution in [1.82, 2.24) is 0 Å². The van der Waals surface area contributed by atoms with E-state index in [1.54, 1.807) is 13.2 Å². The molecule has 0 aliphatic carbocycles. The van der Waals surface area contributed by atoms with Gasteiger partial charge in [-0.05, 0) is 54.2 Å². The van der Waals surface area contributed by atoms with Crippen LogP contribution in [-0.2, 0) is 10.2 Å². The lowest BCUT2D eigenvalue weighted by Crippen LogP contribution is -2.27. The van der Waals surface area contributed by atoms with Gasteiger partial charge in [0.25, 0.3) is 0 Å². The Labute approximate surface area is 135 Å². The minimum Gasteiger partial charge on any atom is -0.495 e. The van der Waals surface area contributed by atoms with Crippen LogP contribution in [-0.4, -0.2) is 18.8 Å². The van der Waals surface area contributed by atoms with Crippen LogP contribution in [0, 0.1) is 0 Å². The molecule has 0 radical (unpaired) electrons. The molecular formula is C16H24BrNO3. The van der Waals surface area contributed by atoms with Gasteiger partial charge in [0.05, 0.1) is 11.6 Å². The van der Waals surface area contributed by atoms with E-state index in [0.29, 0.717) is 5.69 Å². The summed E-state index contributed by atoms with van der Waals surface area (Å²) in [5.41, 5.74) is 1.03. The molecule has 1 aromatic rings. The van der Waals surface area contributed by atoms with Gasteiger partial charge < -0.3 is 9.47 Å². The summed E-state index contributed by atoms with van der Waals surface area (Å²) in [6.45, 7) is 11.8. The molecular weight excluding hydrogens is 334 g/mol. The minimum atomic E-state index is -0.527. The van der Waals surface area contributed by atoms with Gasteiger partial charge in [0.1, 0.15) is 11.4 Å². The maximum atomic E-state index is 11.9. The zero-order valence-electron chi connectivity index (χ0n) is 13.8. The van der Waals surface area contributed by atoms with Gasteiger partial charge in [-0.2, -0.15) is 0 Å². The minimum absolute atomic E-state index is 0.112. The topological polar surface area (TPSA) is 47.6 Å². The summed E-state index contributed by atoms with van der Waals surface area (Å²) in [6, 6.07) is 3.71. The molecule has 1 aromatic carbocycles. The second-order valence-electron chi connectivity index (χ2n) is 6.92. The second-order valence-corrected chi connectivity index (χ2v) is 7.77. The van der Waals surface area contributed by atoms with E-state index < -0.39 is 11.7 Å². The number of carbonyl (C=O) groups is 1. The number of halogens is 1. The highest BCUT2D eigenvalue weighted by atomic mass is 79.9. The van der Waals surface area contributed by atoms with Crippen LogP contribution < -0.4 is 10.1 Å². The smallest absolute Gasteiger partial charge is 0.412 e. The largest absolute Gasteiger partial charge is 0.495 e. The molecule has 0 bridgehead atoms. The number of carbonyl (C=O) groups excluding carboxylic acids is 1. The van der Waals surface area contributed by atoms with Gasteiger partial charge in [0.15, 0.2) is 0 Å². The second kappa shape index (κ2) is 6.26. The Morgan fingerprint density at radius 1 is 1.14 bits per heavy atom. The van der Waals surface area contributed by atoms with Gasteiger partial charge in [0, 0.05) is 11.3 Å². The van der Waals surface area contributed by atoms with Gasteiger partial charge in [-0.3, -0.25) is 5.32 Å². The fourth-order valence-electron chi connectivity index (χ4n) is 1.85. The number of rotatable bonds is 2. The number of ether oxygens (including phenoxy) is 2. The first-order valence-electron chi connectivity index (χ1n) is 6.82. The van der Waals surface area contributed by atoms with Crippen molar-refractivity contribution in [2.75, 3.05) is 12.4 Å². The number of anilines is 1. The number of hydrogen-bond acceptors (Lipinski definition) is 3. The zero-order valence-corrected chi connectivity index (χ0v) is 15.3. The molecule has 0 atom stereocenters. The molecule has 21 heavy (non-hydrogen) atoms. The van der Waals surface area contributed by atoms with E-state index >= 15 is 0 Å². The Morgan fingerprint density at radius 2 is 1.71 bits per heavy atom. The standard InChI is InChI=1S/C16H24BrNO3/c1-15(2,3)11-8-10(9-12(17)13(11)20-7)18-14(19)21-16(4,5)6/h8-9H,1-7H3,(H,18,19). The number of nitrogens with one attached hydrogen (secondary N) is 1. The lowest BCUT2D eigenvalue weighted by atomic mass is 9.86. The van der Waals surface area contributed by atoms with E-state index in [9.17, 15) is 4.79 Å². The van der Waals surface area contributed by atoms with Crippen LogP contribution in [0.15, 0.2) is 16.6 Å². The van der Waals surface area contributed by atoms with Gasteiger partial charge >= 0.3 is 6.09 Å². The first-order chi connectivity index (χ1) is 9.44. The van der Waals surface area contributed by atoms with Gasteiger partial charge in [-0.25, -0.2) is 4.79 Å². The Hall–Kier alpha value is -1.23. The Kier molecular flexibility index (Phi) is 5.31. The van der Waals surface area contributed by atoms with Crippen molar-refractivity contribution in [3.8, 4) is 5.75 Å². The predicted octanol–water partition coefficient (Wildman–Crippen LogP) is 5.10. The van der Waals surface area contributed by atoms with E-state index in [0.717, 1.165) is 15.8 Å². The molecule has 0 unspecified atom stereocenters. The highest BCUT2D eigenvalue weighted by Crippen LogP contribution is 2.39. The molecule has 118 valence electrons. The highest BCUT2D eigenvalue weighted by molar-refractivity contribution is 9.10. The number of hydrogen-bond donors (Lipinski definition) is 1. The molecule has 0 saturated carbocycles. The van der Waals surface area contributed by atoms with Gasteiger partial charge in [-0.1, -0.05) is 20.8 Å². The summed E-state index contributed by atoms with van der Waals surface area (Å²) in [6.07, 6.45) is -0.473. The average molecular weight is 358 g/mol. The Morgan fingerprint density at radius 3 is 2.14 bits per heavy atom. The van der Waals surface area contributed by atoms with Crippen LogP contribution in [0.1, 0.15) is 47.1 Å². The molecule has 0 heterocycles. The first kappa shape index (κ1) is 17.8. The number of amides is 1. The molecule has 1 rings (SSSR count). The van der Waals surface area contributed by atoms with E-state index in [1.165, 1.54) is 0 Å². The zero-order chi connectivity index (χ0) is 16.4. The summed E-state index contributed by atoms with van der Waals surface area (Å²) < 4.78 is 11.5. The molecule has 0 saturated heterocycles. The Balaban J connectivity index is 3.11. The first-order valence-corrected chi connectivity index (χ1v) is 7.61. The molecule has 0 fully saturated rings. The van der Waals surface area contributed by atoms with Crippen molar-refractivity contribution >= 4 is 27.7 Å². The summed E-state index contributed by atoms with van der Waals surface area (Å²) in [5, 5.41) is 2.76. The van der Waals surface area contributed by atoms with Crippen LogP contribution in [0.2, 0.25) is 0 Å². The fourth-order valence-corrected chi connectivity index (χ4v) is 2.47. The van der Waals surface area contributed by atoms with E-state index in [1.807, 2.05) is 26.8 Å². The van der Waals surface area contributed by atoms with Gasteiger partial charge in [-0.15, -0.1) is 0 Å². The molecule has 1 amide bonds. The maximum absolute atomic E-state index is 11.9. The van der Waals surface area contributed by atoms with Crippen molar-refractivity contribution in [3.05, 3.63) is 22.2 Å². The van der Waals surface area contributed by atoms with Crippen molar-refractivity contribution < 1.29 is 14.3 Å². The van der Waals surface area contributed by atoms with Crippen LogP contribution in [0.25, 0.3) is 0 Å². The van der Waals surface area contributed by atoms with Crippen LogP contribution in [0.5, 0.6) is 5.75 Å². The highest BCUT2D eigenvalue weighted by Gasteiger charge is 2.23. The quantitative estimate of drug-likeness (QED) is 0.800. The number of benzene rings is 1. The summed E-state index contributed by atoms with van der Waals surface area (Å²) in [5.74, 6) is 0.775. The van der Waals surface area contributed by atoms with E-state index in [2.05, 4.69) is 42.0 Å². The monoisotopic (exact) mass is 357 g/mol. The molecule has 1 N–H and O–H groups in total. The third-order valence-corrected chi connectivity index (χ3v) is 3.29. The van der Waals surface area contributed by atoms with Crippen molar-refractivity contribution in [1.29, 1.82) is 0 Å². The van der Waals surface area contributed by atoms with E-state index in [-0.39, 0.29) is 5.41 Å². The lowest BCUT2D eigenvalue weighted by Gasteiger charge is -2.24. The van der Waals surface area contributed by atoms with E-state index in [4.69, 9.17) is 9.47 Å². The molecule has 4 nitrogen and oxygen atoms in total. The molecule has 0 aliphatic rings.